The van der Waals surface area contributed by atoms with Crippen molar-refractivity contribution in [2.24, 2.45) is 16.9 Å². The summed E-state index contributed by atoms with van der Waals surface area (Å²) in [5.74, 6) is -0.714. The fourth-order valence-electron chi connectivity index (χ4n) is 2.63. The Morgan fingerprint density at radius 2 is 1.89 bits per heavy atom. The standard InChI is InChI=1S/C13H19N3O2/c14-10(11(15)17)13(6-2-1-3-7-13)12(18)16-8-4-5-9-16/h1-3,6,10H,4-5,7-9,14H2,(H2,15,17). The van der Waals surface area contributed by atoms with Gasteiger partial charge in [0.25, 0.3) is 0 Å². The Labute approximate surface area is 106 Å². The second-order valence-corrected chi connectivity index (χ2v) is 4.91. The summed E-state index contributed by atoms with van der Waals surface area (Å²) in [4.78, 5) is 25.8. The topological polar surface area (TPSA) is 89.4 Å². The quantitative estimate of drug-likeness (QED) is 0.733. The molecule has 0 bridgehead atoms. The first kappa shape index (κ1) is 12.8. The molecule has 2 aliphatic rings. The maximum Gasteiger partial charge on any atom is 0.235 e. The van der Waals surface area contributed by atoms with Crippen LogP contribution in [0.5, 0.6) is 0 Å². The lowest BCUT2D eigenvalue weighted by Gasteiger charge is -2.36. The van der Waals surface area contributed by atoms with Gasteiger partial charge in [0.2, 0.25) is 11.8 Å². The highest BCUT2D eigenvalue weighted by atomic mass is 16.2. The Morgan fingerprint density at radius 1 is 1.22 bits per heavy atom. The molecule has 0 radical (unpaired) electrons. The van der Waals surface area contributed by atoms with Crippen LogP contribution in [-0.4, -0.2) is 35.8 Å². The second kappa shape index (κ2) is 4.94. The average molecular weight is 249 g/mol. The lowest BCUT2D eigenvalue weighted by atomic mass is 9.73. The van der Waals surface area contributed by atoms with Crippen LogP contribution in [0, 0.1) is 5.41 Å². The molecule has 18 heavy (non-hydrogen) atoms. The zero-order valence-corrected chi connectivity index (χ0v) is 10.3. The zero-order chi connectivity index (χ0) is 13.2. The van der Waals surface area contributed by atoms with Gasteiger partial charge in [-0.2, -0.15) is 0 Å². The van der Waals surface area contributed by atoms with Gasteiger partial charge in [0.05, 0.1) is 5.41 Å². The first-order valence-electron chi connectivity index (χ1n) is 6.26. The minimum absolute atomic E-state index is 0.0769. The van der Waals surface area contributed by atoms with Crippen LogP contribution in [0.2, 0.25) is 0 Å². The van der Waals surface area contributed by atoms with Gasteiger partial charge in [-0.25, -0.2) is 0 Å². The Bertz CT molecular complexity index is 410. The van der Waals surface area contributed by atoms with Gasteiger partial charge in [-0.05, 0) is 19.3 Å². The Kier molecular flexibility index (Phi) is 3.52. The molecule has 0 aromatic heterocycles. The van der Waals surface area contributed by atoms with Gasteiger partial charge >= 0.3 is 0 Å². The lowest BCUT2D eigenvalue weighted by Crippen LogP contribution is -2.57. The van der Waals surface area contributed by atoms with Crippen molar-refractivity contribution < 1.29 is 9.59 Å². The molecule has 1 heterocycles. The molecule has 2 atom stereocenters. The van der Waals surface area contributed by atoms with Gasteiger partial charge < -0.3 is 16.4 Å². The van der Waals surface area contributed by atoms with E-state index in [9.17, 15) is 9.59 Å². The van der Waals surface area contributed by atoms with Crippen LogP contribution in [0.25, 0.3) is 0 Å². The maximum atomic E-state index is 12.6. The fourth-order valence-corrected chi connectivity index (χ4v) is 2.63. The third kappa shape index (κ3) is 2.06. The minimum atomic E-state index is -0.995. The van der Waals surface area contributed by atoms with Gasteiger partial charge in [-0.15, -0.1) is 0 Å². The van der Waals surface area contributed by atoms with E-state index in [1.165, 1.54) is 0 Å². The molecule has 1 aliphatic carbocycles. The molecule has 1 aliphatic heterocycles. The number of nitrogens with zero attached hydrogens (tertiary/aromatic N) is 1. The number of likely N-dealkylation sites (tertiary alicyclic amines) is 1. The van der Waals surface area contributed by atoms with Crippen molar-refractivity contribution in [3.63, 3.8) is 0 Å². The van der Waals surface area contributed by atoms with Crippen LogP contribution >= 0.6 is 0 Å². The predicted molar refractivity (Wildman–Crippen MR) is 68.3 cm³/mol. The number of hydrogen-bond acceptors (Lipinski definition) is 3. The molecule has 5 heteroatoms. The smallest absolute Gasteiger partial charge is 0.235 e. The summed E-state index contributed by atoms with van der Waals surface area (Å²) in [7, 11) is 0. The van der Waals surface area contributed by atoms with Crippen molar-refractivity contribution in [2.75, 3.05) is 13.1 Å². The van der Waals surface area contributed by atoms with Crippen LogP contribution in [-0.2, 0) is 9.59 Å². The number of allylic oxidation sites excluding steroid dienone is 3. The first-order chi connectivity index (χ1) is 8.58. The molecule has 98 valence electrons. The highest BCUT2D eigenvalue weighted by molar-refractivity contribution is 5.94. The van der Waals surface area contributed by atoms with Gasteiger partial charge in [-0.3, -0.25) is 9.59 Å². The second-order valence-electron chi connectivity index (χ2n) is 4.91. The van der Waals surface area contributed by atoms with Crippen LogP contribution in [0.4, 0.5) is 0 Å². The van der Waals surface area contributed by atoms with Crippen molar-refractivity contribution in [3.05, 3.63) is 24.3 Å². The Balaban J connectivity index is 2.30. The molecule has 1 fully saturated rings. The van der Waals surface area contributed by atoms with E-state index in [1.807, 2.05) is 12.2 Å². The first-order valence-corrected chi connectivity index (χ1v) is 6.26. The summed E-state index contributed by atoms with van der Waals surface area (Å²) in [6, 6.07) is -0.980. The van der Waals surface area contributed by atoms with Gasteiger partial charge in [0.1, 0.15) is 6.04 Å². The average Bonchev–Trinajstić information content (AvgIpc) is 2.91. The molecule has 2 amide bonds. The minimum Gasteiger partial charge on any atom is -0.368 e. The van der Waals surface area contributed by atoms with E-state index in [1.54, 1.807) is 17.1 Å². The van der Waals surface area contributed by atoms with Crippen molar-refractivity contribution in [3.8, 4) is 0 Å². The number of carbonyl (C=O) groups is 2. The Hall–Kier alpha value is -1.62. The van der Waals surface area contributed by atoms with Crippen LogP contribution in [0.15, 0.2) is 24.3 Å². The number of rotatable bonds is 3. The predicted octanol–water partition coefficient (Wildman–Crippen LogP) is -0.0761. The number of amides is 2. The molecule has 2 rings (SSSR count). The summed E-state index contributed by atoms with van der Waals surface area (Å²) in [5, 5.41) is 0. The SMILES string of the molecule is NC(=O)C(N)C1(C(=O)N2CCCC2)C=CC=CC1. The molecular weight excluding hydrogens is 230 g/mol. The highest BCUT2D eigenvalue weighted by Gasteiger charge is 2.46. The summed E-state index contributed by atoms with van der Waals surface area (Å²) in [6.45, 7) is 1.48. The highest BCUT2D eigenvalue weighted by Crippen LogP contribution is 2.34. The van der Waals surface area contributed by atoms with Crippen molar-refractivity contribution in [2.45, 2.75) is 25.3 Å². The van der Waals surface area contributed by atoms with E-state index >= 15 is 0 Å². The maximum absolute atomic E-state index is 12.6. The van der Waals surface area contributed by atoms with Crippen molar-refractivity contribution in [1.82, 2.24) is 4.90 Å². The summed E-state index contributed by atoms with van der Waals surface area (Å²) < 4.78 is 0. The van der Waals surface area contributed by atoms with E-state index in [-0.39, 0.29) is 5.91 Å². The molecule has 0 saturated carbocycles. The number of nitrogens with two attached hydrogens (primary N) is 2. The largest absolute Gasteiger partial charge is 0.368 e. The van der Waals surface area contributed by atoms with E-state index in [4.69, 9.17) is 11.5 Å². The fraction of sp³-hybridized carbons (Fsp3) is 0.538. The van der Waals surface area contributed by atoms with E-state index < -0.39 is 17.4 Å². The monoisotopic (exact) mass is 249 g/mol. The normalized spacial score (nSPS) is 28.4. The number of primary amides is 1. The molecule has 1 saturated heterocycles. The van der Waals surface area contributed by atoms with Crippen LogP contribution < -0.4 is 11.5 Å². The van der Waals surface area contributed by atoms with Crippen LogP contribution in [0.3, 0.4) is 0 Å². The van der Waals surface area contributed by atoms with Gasteiger partial charge in [-0.1, -0.05) is 24.3 Å². The van der Waals surface area contributed by atoms with E-state index in [0.717, 1.165) is 25.9 Å². The zero-order valence-electron chi connectivity index (χ0n) is 10.3. The molecule has 0 aromatic carbocycles. The van der Waals surface area contributed by atoms with Crippen molar-refractivity contribution in [1.29, 1.82) is 0 Å². The lowest BCUT2D eigenvalue weighted by molar-refractivity contribution is -0.142. The molecule has 5 nitrogen and oxygen atoms in total. The summed E-state index contributed by atoms with van der Waals surface area (Å²) in [6.07, 6.45) is 9.65. The molecule has 2 unspecified atom stereocenters. The van der Waals surface area contributed by atoms with E-state index in [0.29, 0.717) is 6.42 Å². The van der Waals surface area contributed by atoms with Gasteiger partial charge in [0.15, 0.2) is 0 Å². The third-order valence-electron chi connectivity index (χ3n) is 3.75. The van der Waals surface area contributed by atoms with Crippen molar-refractivity contribution >= 4 is 11.8 Å². The van der Waals surface area contributed by atoms with Gasteiger partial charge in [0, 0.05) is 13.1 Å². The summed E-state index contributed by atoms with van der Waals surface area (Å²) >= 11 is 0. The number of hydrogen-bond donors (Lipinski definition) is 2. The number of carbonyl (C=O) groups excluding carboxylic acids is 2. The van der Waals surface area contributed by atoms with Crippen LogP contribution in [0.1, 0.15) is 19.3 Å². The summed E-state index contributed by atoms with van der Waals surface area (Å²) in [5.41, 5.74) is 10.2. The molecule has 0 aromatic rings. The molecule has 4 N–H and O–H groups in total. The molecule has 0 spiro atoms. The Morgan fingerprint density at radius 3 is 2.39 bits per heavy atom. The third-order valence-corrected chi connectivity index (χ3v) is 3.75. The molecular formula is C13H19N3O2. The van der Waals surface area contributed by atoms with E-state index in [2.05, 4.69) is 0 Å².